The maximum atomic E-state index is 4.29. The fraction of sp³-hybridized carbons (Fsp3) is 0.0526. The van der Waals surface area contributed by atoms with Gasteiger partial charge in [-0.1, -0.05) is 30.4 Å². The molecular formula is C19H12N2. The lowest BCUT2D eigenvalue weighted by molar-refractivity contribution is 0.743. The third-order valence-electron chi connectivity index (χ3n) is 4.68. The van der Waals surface area contributed by atoms with Gasteiger partial charge in [0.2, 0.25) is 0 Å². The van der Waals surface area contributed by atoms with Crippen LogP contribution in [0.4, 0.5) is 0 Å². The van der Waals surface area contributed by atoms with Crippen molar-refractivity contribution < 1.29 is 0 Å². The normalized spacial score (nSPS) is 23.6. The van der Waals surface area contributed by atoms with Crippen LogP contribution in [0.3, 0.4) is 0 Å². The van der Waals surface area contributed by atoms with Crippen LogP contribution in [0.15, 0.2) is 72.4 Å². The molecule has 21 heavy (non-hydrogen) atoms. The second-order valence-electron chi connectivity index (χ2n) is 5.59. The van der Waals surface area contributed by atoms with Gasteiger partial charge in [0, 0.05) is 24.8 Å². The maximum Gasteiger partial charge on any atom is 0.0715 e. The Balaban J connectivity index is 1.96. The molecule has 1 unspecified atom stereocenters. The van der Waals surface area contributed by atoms with Crippen molar-refractivity contribution in [2.24, 2.45) is 0 Å². The molecule has 1 spiro atoms. The molecule has 1 atom stereocenters. The number of nitrogens with zero attached hydrogens (tertiary/aromatic N) is 2. The van der Waals surface area contributed by atoms with Crippen LogP contribution >= 0.6 is 0 Å². The predicted molar refractivity (Wildman–Crippen MR) is 83.5 cm³/mol. The molecule has 5 rings (SSSR count). The molecule has 0 N–H and O–H groups in total. The number of pyridine rings is 2. The monoisotopic (exact) mass is 268 g/mol. The van der Waals surface area contributed by atoms with Crippen molar-refractivity contribution in [3.63, 3.8) is 0 Å². The molecule has 0 amide bonds. The molecule has 2 nitrogen and oxygen atoms in total. The van der Waals surface area contributed by atoms with Gasteiger partial charge in [-0.2, -0.15) is 0 Å². The van der Waals surface area contributed by atoms with Crippen LogP contribution in [0.1, 0.15) is 22.3 Å². The predicted octanol–water partition coefficient (Wildman–Crippen LogP) is 3.68. The highest BCUT2D eigenvalue weighted by Gasteiger charge is 2.47. The van der Waals surface area contributed by atoms with Crippen LogP contribution < -0.4 is 0 Å². The fourth-order valence-corrected chi connectivity index (χ4v) is 3.87. The van der Waals surface area contributed by atoms with Crippen LogP contribution in [0.2, 0.25) is 0 Å². The third kappa shape index (κ3) is 1.18. The van der Waals surface area contributed by atoms with E-state index in [0.717, 1.165) is 0 Å². The lowest BCUT2D eigenvalue weighted by Crippen LogP contribution is -2.33. The standard InChI is InChI=1S/C19H12N2/c1-2-15-5-4-13-11-20-8-6-17(13)19(15)16(3-1)10-14-12-21-9-7-18(14)19/h1-12H. The van der Waals surface area contributed by atoms with Crippen molar-refractivity contribution >= 4 is 12.2 Å². The molecule has 98 valence electrons. The molecule has 2 heteroatoms. The van der Waals surface area contributed by atoms with Crippen LogP contribution in [0.25, 0.3) is 12.2 Å². The Bertz CT molecular complexity index is 899. The zero-order valence-electron chi connectivity index (χ0n) is 11.3. The summed E-state index contributed by atoms with van der Waals surface area (Å²) in [5, 5.41) is 0. The van der Waals surface area contributed by atoms with E-state index >= 15 is 0 Å². The summed E-state index contributed by atoms with van der Waals surface area (Å²) in [5.74, 6) is 0. The van der Waals surface area contributed by atoms with Crippen molar-refractivity contribution in [2.75, 3.05) is 0 Å². The lowest BCUT2D eigenvalue weighted by atomic mass is 9.62. The second kappa shape index (κ2) is 3.67. The Kier molecular flexibility index (Phi) is 1.92. The minimum absolute atomic E-state index is 0.181. The van der Waals surface area contributed by atoms with E-state index in [1.807, 2.05) is 24.8 Å². The Hall–Kier alpha value is -2.74. The van der Waals surface area contributed by atoms with E-state index in [1.165, 1.54) is 33.4 Å². The van der Waals surface area contributed by atoms with Gasteiger partial charge in [0.25, 0.3) is 0 Å². The summed E-state index contributed by atoms with van der Waals surface area (Å²) in [6, 6.07) is 4.30. The summed E-state index contributed by atoms with van der Waals surface area (Å²) in [6.07, 6.45) is 20.9. The van der Waals surface area contributed by atoms with Gasteiger partial charge < -0.3 is 0 Å². The molecule has 0 fully saturated rings. The first-order valence-electron chi connectivity index (χ1n) is 7.09. The van der Waals surface area contributed by atoms with Crippen molar-refractivity contribution in [3.8, 4) is 0 Å². The highest BCUT2D eigenvalue weighted by molar-refractivity contribution is 5.85. The topological polar surface area (TPSA) is 25.8 Å². The molecule has 0 saturated carbocycles. The molecular weight excluding hydrogens is 256 g/mol. The summed E-state index contributed by atoms with van der Waals surface area (Å²) < 4.78 is 0. The highest BCUT2D eigenvalue weighted by atomic mass is 14.7. The molecule has 0 saturated heterocycles. The summed E-state index contributed by atoms with van der Waals surface area (Å²) >= 11 is 0. The van der Waals surface area contributed by atoms with Gasteiger partial charge in [0.05, 0.1) is 5.41 Å². The fourth-order valence-electron chi connectivity index (χ4n) is 3.87. The first kappa shape index (κ1) is 11.0. The molecule has 2 aromatic rings. The third-order valence-corrected chi connectivity index (χ3v) is 4.68. The lowest BCUT2D eigenvalue weighted by Gasteiger charge is -2.39. The summed E-state index contributed by atoms with van der Waals surface area (Å²) in [6.45, 7) is 0. The highest BCUT2D eigenvalue weighted by Crippen LogP contribution is 2.55. The largest absolute Gasteiger partial charge is 0.264 e. The van der Waals surface area contributed by atoms with Gasteiger partial charge in [-0.3, -0.25) is 9.97 Å². The Labute approximate surface area is 122 Å². The van der Waals surface area contributed by atoms with Gasteiger partial charge in [-0.15, -0.1) is 0 Å². The van der Waals surface area contributed by atoms with Crippen LogP contribution in [-0.4, -0.2) is 9.97 Å². The number of aromatic nitrogens is 2. The van der Waals surface area contributed by atoms with E-state index < -0.39 is 0 Å². The zero-order valence-corrected chi connectivity index (χ0v) is 11.3. The first-order chi connectivity index (χ1) is 10.4. The molecule has 3 aliphatic carbocycles. The van der Waals surface area contributed by atoms with Crippen molar-refractivity contribution in [1.82, 2.24) is 9.97 Å². The van der Waals surface area contributed by atoms with E-state index in [-0.39, 0.29) is 5.41 Å². The molecule has 0 bridgehead atoms. The SMILES string of the molecule is C1=CC2=Cc3cnccc3C23C(=C1)C=Cc1cnccc13. The van der Waals surface area contributed by atoms with E-state index in [9.17, 15) is 0 Å². The van der Waals surface area contributed by atoms with Crippen molar-refractivity contribution in [3.05, 3.63) is 94.6 Å². The molecule has 0 radical (unpaired) electrons. The summed E-state index contributed by atoms with van der Waals surface area (Å²) in [7, 11) is 0. The number of rotatable bonds is 0. The minimum atomic E-state index is -0.181. The van der Waals surface area contributed by atoms with Gasteiger partial charge in [0.15, 0.2) is 0 Å². The molecule has 2 heterocycles. The van der Waals surface area contributed by atoms with E-state index in [2.05, 4.69) is 58.6 Å². The number of hydrogen-bond acceptors (Lipinski definition) is 2. The average molecular weight is 268 g/mol. The number of fused-ring (bicyclic) bond motifs is 2. The number of allylic oxidation sites excluding steroid dienone is 6. The van der Waals surface area contributed by atoms with Gasteiger partial charge in [-0.05, 0) is 51.6 Å². The Morgan fingerprint density at radius 2 is 1.52 bits per heavy atom. The molecule has 3 aliphatic rings. The maximum absolute atomic E-state index is 4.29. The van der Waals surface area contributed by atoms with Crippen LogP contribution in [-0.2, 0) is 5.41 Å². The molecule has 2 aromatic heterocycles. The Morgan fingerprint density at radius 3 is 2.38 bits per heavy atom. The first-order valence-corrected chi connectivity index (χ1v) is 7.09. The van der Waals surface area contributed by atoms with E-state index in [4.69, 9.17) is 0 Å². The second-order valence-corrected chi connectivity index (χ2v) is 5.59. The average Bonchev–Trinajstić information content (AvgIpc) is 2.89. The van der Waals surface area contributed by atoms with Gasteiger partial charge in [-0.25, -0.2) is 0 Å². The summed E-state index contributed by atoms with van der Waals surface area (Å²) in [5.41, 5.74) is 7.50. The van der Waals surface area contributed by atoms with Crippen LogP contribution in [0.5, 0.6) is 0 Å². The number of hydrogen-bond donors (Lipinski definition) is 0. The van der Waals surface area contributed by atoms with Crippen LogP contribution in [0, 0.1) is 0 Å². The summed E-state index contributed by atoms with van der Waals surface area (Å²) in [4.78, 5) is 8.57. The van der Waals surface area contributed by atoms with E-state index in [0.29, 0.717) is 0 Å². The van der Waals surface area contributed by atoms with E-state index in [1.54, 1.807) is 0 Å². The zero-order chi connectivity index (χ0) is 13.9. The quantitative estimate of drug-likeness (QED) is 0.728. The van der Waals surface area contributed by atoms with Gasteiger partial charge >= 0.3 is 0 Å². The van der Waals surface area contributed by atoms with Crippen molar-refractivity contribution in [2.45, 2.75) is 5.41 Å². The van der Waals surface area contributed by atoms with Crippen molar-refractivity contribution in [1.29, 1.82) is 0 Å². The molecule has 0 aliphatic heterocycles. The minimum Gasteiger partial charge on any atom is -0.264 e. The Morgan fingerprint density at radius 1 is 0.762 bits per heavy atom. The smallest absolute Gasteiger partial charge is 0.0715 e. The molecule has 0 aromatic carbocycles. The van der Waals surface area contributed by atoms with Gasteiger partial charge in [0.1, 0.15) is 0 Å².